The van der Waals surface area contributed by atoms with Crippen LogP contribution in [-0.2, 0) is 17.3 Å². The number of hydrogen-bond donors (Lipinski definition) is 2. The maximum atomic E-state index is 6.51. The minimum atomic E-state index is -0.00532. The molecular formula is C32H47N5O. The van der Waals surface area contributed by atoms with Crippen molar-refractivity contribution in [3.63, 3.8) is 0 Å². The molecule has 7 rings (SSSR count). The zero-order chi connectivity index (χ0) is 26.9. The van der Waals surface area contributed by atoms with Crippen LogP contribution in [-0.4, -0.2) is 20.4 Å². The molecule has 38 heavy (non-hydrogen) atoms. The number of nitrogen functional groups attached to an aromatic ring is 1. The fourth-order valence-electron chi connectivity index (χ4n) is 11.5. The van der Waals surface area contributed by atoms with Crippen LogP contribution in [0, 0.1) is 39.4 Å². The summed E-state index contributed by atoms with van der Waals surface area (Å²) in [4.78, 5) is 0. The molecule has 7 atom stereocenters. The average molecular weight is 518 g/mol. The lowest BCUT2D eigenvalue weighted by Crippen LogP contribution is -2.64. The molecule has 0 saturated heterocycles. The number of allylic oxidation sites excluding steroid dienone is 2. The van der Waals surface area contributed by atoms with Crippen molar-refractivity contribution in [2.24, 2.45) is 39.4 Å². The molecule has 0 radical (unpaired) electrons. The van der Waals surface area contributed by atoms with E-state index in [1.807, 2.05) is 0 Å². The molecule has 3 N–H and O–H groups in total. The number of aromatic nitrogens is 4. The van der Waals surface area contributed by atoms with Gasteiger partial charge in [0.2, 0.25) is 12.3 Å². The third-order valence-corrected chi connectivity index (χ3v) is 13.6. The van der Waals surface area contributed by atoms with Gasteiger partial charge in [-0.05, 0) is 97.2 Å². The highest BCUT2D eigenvalue weighted by molar-refractivity contribution is 5.49. The van der Waals surface area contributed by atoms with Gasteiger partial charge in [0.1, 0.15) is 5.82 Å². The van der Waals surface area contributed by atoms with Crippen LogP contribution in [0.2, 0.25) is 0 Å². The zero-order valence-electron chi connectivity index (χ0n) is 24.6. The van der Waals surface area contributed by atoms with Crippen LogP contribution in [0.3, 0.4) is 0 Å². The van der Waals surface area contributed by atoms with E-state index in [1.165, 1.54) is 43.4 Å². The monoisotopic (exact) mass is 517 g/mol. The van der Waals surface area contributed by atoms with Crippen LogP contribution in [0.15, 0.2) is 22.5 Å². The SMILES string of the molecule is CC1(C)CC[C@]2(c3nnco3)CC[C@]3(C)C(=CCC4[C@@]5(C)Cc6c(n[nH]c6N)C(C)(C)C5CC[C@]43C)C2C1. The van der Waals surface area contributed by atoms with Gasteiger partial charge in [-0.1, -0.05) is 60.1 Å². The van der Waals surface area contributed by atoms with Gasteiger partial charge in [-0.3, -0.25) is 5.10 Å². The van der Waals surface area contributed by atoms with Crippen molar-refractivity contribution in [1.29, 1.82) is 0 Å². The standard InChI is InChI=1S/C32H47N5O/c1-27(2)12-14-32(26-37-34-18-38-26)15-13-30(6)20(21(32)17-27)8-9-23-29(5)16-19-24(35-36-25(19)33)28(3,4)22(29)10-11-31(23,30)7/h8,18,21-23H,9-17H2,1-7H3,(H3,33,35,36)/t21?,22?,23?,29-,30+,31+,32-/m0/s1. The van der Waals surface area contributed by atoms with Gasteiger partial charge >= 0.3 is 0 Å². The molecular weight excluding hydrogens is 470 g/mol. The van der Waals surface area contributed by atoms with E-state index < -0.39 is 0 Å². The maximum Gasteiger partial charge on any atom is 0.222 e. The minimum Gasteiger partial charge on any atom is -0.427 e. The topological polar surface area (TPSA) is 93.6 Å². The summed E-state index contributed by atoms with van der Waals surface area (Å²) >= 11 is 0. The number of H-pyrrole nitrogens is 1. The van der Waals surface area contributed by atoms with Gasteiger partial charge in [-0.15, -0.1) is 10.2 Å². The van der Waals surface area contributed by atoms with Gasteiger partial charge in [0.25, 0.3) is 0 Å². The summed E-state index contributed by atoms with van der Waals surface area (Å²) in [7, 11) is 0. The van der Waals surface area contributed by atoms with Crippen molar-refractivity contribution in [3.05, 3.63) is 35.2 Å². The van der Waals surface area contributed by atoms with Crippen LogP contribution in [0.1, 0.15) is 117 Å². The lowest BCUT2D eigenvalue weighted by atomic mass is 9.33. The first-order valence-electron chi connectivity index (χ1n) is 15.1. The van der Waals surface area contributed by atoms with Gasteiger partial charge in [0, 0.05) is 11.0 Å². The summed E-state index contributed by atoms with van der Waals surface area (Å²) in [6.45, 7) is 17.7. The summed E-state index contributed by atoms with van der Waals surface area (Å²) in [5.41, 5.74) is 11.7. The molecule has 0 bridgehead atoms. The van der Waals surface area contributed by atoms with E-state index in [-0.39, 0.29) is 27.1 Å². The lowest BCUT2D eigenvalue weighted by molar-refractivity contribution is -0.155. The van der Waals surface area contributed by atoms with E-state index in [0.717, 1.165) is 37.4 Å². The Bertz CT molecular complexity index is 1310. The van der Waals surface area contributed by atoms with Crippen molar-refractivity contribution in [1.82, 2.24) is 20.4 Å². The van der Waals surface area contributed by atoms with E-state index in [4.69, 9.17) is 15.2 Å². The first-order chi connectivity index (χ1) is 17.8. The predicted octanol–water partition coefficient (Wildman–Crippen LogP) is 7.14. The number of anilines is 1. The van der Waals surface area contributed by atoms with Gasteiger partial charge in [-0.2, -0.15) is 5.10 Å². The van der Waals surface area contributed by atoms with Crippen LogP contribution >= 0.6 is 0 Å². The Hall–Kier alpha value is -2.11. The molecule has 2 heterocycles. The van der Waals surface area contributed by atoms with Crippen molar-refractivity contribution in [2.75, 3.05) is 5.73 Å². The largest absolute Gasteiger partial charge is 0.427 e. The Balaban J connectivity index is 1.35. The van der Waals surface area contributed by atoms with E-state index in [2.05, 4.69) is 69.8 Å². The highest BCUT2D eigenvalue weighted by Gasteiger charge is 2.69. The highest BCUT2D eigenvalue weighted by atomic mass is 16.4. The Morgan fingerprint density at radius 1 is 0.974 bits per heavy atom. The van der Waals surface area contributed by atoms with E-state index in [9.17, 15) is 0 Å². The number of nitrogens with one attached hydrogen (secondary N) is 1. The number of rotatable bonds is 1. The highest BCUT2D eigenvalue weighted by Crippen LogP contribution is 2.75. The molecule has 0 aliphatic heterocycles. The van der Waals surface area contributed by atoms with Crippen LogP contribution in [0.4, 0.5) is 5.82 Å². The number of nitrogens with two attached hydrogens (primary N) is 1. The smallest absolute Gasteiger partial charge is 0.222 e. The van der Waals surface area contributed by atoms with Crippen molar-refractivity contribution in [3.8, 4) is 0 Å². The summed E-state index contributed by atoms with van der Waals surface area (Å²) in [5.74, 6) is 3.38. The molecule has 2 aromatic heterocycles. The van der Waals surface area contributed by atoms with Gasteiger partial charge in [0.05, 0.1) is 11.1 Å². The third-order valence-electron chi connectivity index (χ3n) is 13.6. The van der Waals surface area contributed by atoms with Gasteiger partial charge < -0.3 is 10.2 Å². The molecule has 2 aromatic rings. The lowest BCUT2D eigenvalue weighted by Gasteiger charge is -2.70. The molecule has 5 aliphatic carbocycles. The molecule has 3 unspecified atom stereocenters. The summed E-state index contributed by atoms with van der Waals surface area (Å²) in [5, 5.41) is 16.6. The molecule has 6 nitrogen and oxygen atoms in total. The molecule has 206 valence electrons. The zero-order valence-corrected chi connectivity index (χ0v) is 24.6. The van der Waals surface area contributed by atoms with E-state index in [1.54, 1.807) is 12.0 Å². The average Bonchev–Trinajstić information content (AvgIpc) is 3.50. The number of hydrogen-bond acceptors (Lipinski definition) is 5. The quantitative estimate of drug-likeness (QED) is 0.392. The molecule has 5 aliphatic rings. The van der Waals surface area contributed by atoms with E-state index in [0.29, 0.717) is 23.2 Å². The minimum absolute atomic E-state index is 0.00532. The first-order valence-corrected chi connectivity index (χ1v) is 15.1. The second-order valence-corrected chi connectivity index (χ2v) is 16.0. The Kier molecular flexibility index (Phi) is 4.81. The number of fused-ring (bicyclic) bond motifs is 8. The maximum absolute atomic E-state index is 6.51. The van der Waals surface area contributed by atoms with Gasteiger partial charge in [0.15, 0.2) is 0 Å². The fourth-order valence-corrected chi connectivity index (χ4v) is 11.5. The third kappa shape index (κ3) is 2.83. The second kappa shape index (κ2) is 7.34. The fraction of sp³-hybridized carbons (Fsp3) is 0.781. The summed E-state index contributed by atoms with van der Waals surface area (Å²) < 4.78 is 6.02. The van der Waals surface area contributed by atoms with Crippen LogP contribution in [0.5, 0.6) is 0 Å². The summed E-state index contributed by atoms with van der Waals surface area (Å²) in [6, 6.07) is 0. The molecule has 0 amide bonds. The first kappa shape index (κ1) is 24.9. The Labute approximate surface area is 228 Å². The molecule has 3 saturated carbocycles. The van der Waals surface area contributed by atoms with Gasteiger partial charge in [-0.25, -0.2) is 0 Å². The second-order valence-electron chi connectivity index (χ2n) is 16.0. The summed E-state index contributed by atoms with van der Waals surface area (Å²) in [6.07, 6.45) is 14.9. The van der Waals surface area contributed by atoms with Crippen LogP contribution < -0.4 is 5.73 Å². The van der Waals surface area contributed by atoms with Crippen molar-refractivity contribution >= 4 is 5.82 Å². The normalized spacial score (nSPS) is 44.6. The molecule has 6 heteroatoms. The van der Waals surface area contributed by atoms with E-state index >= 15 is 0 Å². The Morgan fingerprint density at radius 2 is 1.74 bits per heavy atom. The predicted molar refractivity (Wildman–Crippen MR) is 149 cm³/mol. The van der Waals surface area contributed by atoms with Crippen LogP contribution in [0.25, 0.3) is 0 Å². The molecule has 3 fully saturated rings. The number of aromatic amines is 1. The molecule has 0 aromatic carbocycles. The van der Waals surface area contributed by atoms with Crippen molar-refractivity contribution < 1.29 is 4.42 Å². The molecule has 0 spiro atoms. The Morgan fingerprint density at radius 3 is 2.47 bits per heavy atom. The van der Waals surface area contributed by atoms with Crippen molar-refractivity contribution in [2.45, 2.75) is 117 Å². The number of nitrogens with zero attached hydrogens (tertiary/aromatic N) is 3.